The standard InChI is InChI=1S/C35H45FN4O7/c1-32(2,3)47-31(45)38-34(6,7)29(43)37-26(21-46-20-24-11-9-8-10-12-24)27(41)39-17-18-40-30(44)33(4,5)28(42)35(40,22-39)19-23-13-15-25(36)16-14-23/h8-16,26H,17-22H2,1-7H3,(H,37,43)(H,38,45)/t26-,35+/m1/s1. The normalized spacial score (nSPS) is 20.0. The van der Waals surface area contributed by atoms with Crippen LogP contribution in [-0.4, -0.2) is 88.4 Å². The molecule has 2 atom stereocenters. The Morgan fingerprint density at radius 1 is 0.936 bits per heavy atom. The second-order valence-corrected chi connectivity index (χ2v) is 14.3. The van der Waals surface area contributed by atoms with Crippen molar-refractivity contribution in [2.75, 3.05) is 26.2 Å². The Morgan fingerprint density at radius 2 is 1.57 bits per heavy atom. The van der Waals surface area contributed by atoms with E-state index < -0.39 is 51.9 Å². The smallest absolute Gasteiger partial charge is 0.408 e. The van der Waals surface area contributed by atoms with E-state index in [9.17, 15) is 28.4 Å². The van der Waals surface area contributed by atoms with Crippen LogP contribution in [0.15, 0.2) is 54.6 Å². The molecule has 11 nitrogen and oxygen atoms in total. The fraction of sp³-hybridized carbons (Fsp3) is 0.514. The number of nitrogens with zero attached hydrogens (tertiary/aromatic N) is 2. The number of halogens is 1. The molecule has 0 saturated carbocycles. The lowest BCUT2D eigenvalue weighted by molar-refractivity contribution is -0.149. The molecule has 0 aliphatic carbocycles. The Labute approximate surface area is 275 Å². The van der Waals surface area contributed by atoms with Gasteiger partial charge in [0.1, 0.15) is 34.0 Å². The van der Waals surface area contributed by atoms with E-state index in [1.165, 1.54) is 35.8 Å². The summed E-state index contributed by atoms with van der Waals surface area (Å²) in [7, 11) is 0. The van der Waals surface area contributed by atoms with Crippen LogP contribution in [0.4, 0.5) is 9.18 Å². The molecule has 0 spiro atoms. The van der Waals surface area contributed by atoms with Crippen molar-refractivity contribution in [3.63, 3.8) is 0 Å². The number of hydrogen-bond acceptors (Lipinski definition) is 7. The van der Waals surface area contributed by atoms with Crippen molar-refractivity contribution in [3.8, 4) is 0 Å². The predicted octanol–water partition coefficient (Wildman–Crippen LogP) is 3.39. The number of rotatable bonds is 10. The summed E-state index contributed by atoms with van der Waals surface area (Å²) in [5, 5.41) is 5.29. The number of ether oxygens (including phenoxy) is 2. The maximum Gasteiger partial charge on any atom is 0.408 e. The average molecular weight is 653 g/mol. The summed E-state index contributed by atoms with van der Waals surface area (Å²) in [6, 6.07) is 13.8. The number of carbonyl (C=O) groups excluding carboxylic acids is 5. The Hall–Kier alpha value is -4.32. The molecule has 12 heteroatoms. The van der Waals surface area contributed by atoms with E-state index in [0.717, 1.165) is 5.56 Å². The molecule has 0 unspecified atom stereocenters. The van der Waals surface area contributed by atoms with Crippen molar-refractivity contribution < 1.29 is 37.8 Å². The second kappa shape index (κ2) is 13.4. The van der Waals surface area contributed by atoms with E-state index >= 15 is 0 Å². The van der Waals surface area contributed by atoms with Gasteiger partial charge in [-0.05, 0) is 71.7 Å². The fourth-order valence-corrected chi connectivity index (χ4v) is 6.00. The number of Topliss-reactive ketones (excluding diaryl/α,β-unsaturated/α-hetero) is 1. The third-order valence-electron chi connectivity index (χ3n) is 8.43. The van der Waals surface area contributed by atoms with Crippen LogP contribution < -0.4 is 10.6 Å². The maximum atomic E-state index is 14.2. The zero-order valence-electron chi connectivity index (χ0n) is 28.1. The molecule has 47 heavy (non-hydrogen) atoms. The van der Waals surface area contributed by atoms with Crippen LogP contribution in [0, 0.1) is 11.2 Å². The Bertz CT molecular complexity index is 1500. The molecular weight excluding hydrogens is 607 g/mol. The first-order valence-corrected chi connectivity index (χ1v) is 15.7. The van der Waals surface area contributed by atoms with Crippen LogP contribution in [0.25, 0.3) is 0 Å². The van der Waals surface area contributed by atoms with Crippen LogP contribution in [0.1, 0.15) is 59.6 Å². The van der Waals surface area contributed by atoms with Crippen LogP contribution in [0.3, 0.4) is 0 Å². The number of ketones is 1. The number of fused-ring (bicyclic) bond motifs is 1. The van der Waals surface area contributed by atoms with Crippen molar-refractivity contribution >= 4 is 29.6 Å². The van der Waals surface area contributed by atoms with Gasteiger partial charge in [-0.15, -0.1) is 0 Å². The first kappa shape index (κ1) is 35.5. The summed E-state index contributed by atoms with van der Waals surface area (Å²) in [6.07, 6.45) is -0.717. The fourth-order valence-electron chi connectivity index (χ4n) is 6.00. The number of carbonyl (C=O) groups is 5. The maximum absolute atomic E-state index is 14.2. The van der Waals surface area contributed by atoms with Gasteiger partial charge in [0.05, 0.1) is 19.8 Å². The lowest BCUT2D eigenvalue weighted by atomic mass is 9.77. The predicted molar refractivity (Wildman–Crippen MR) is 171 cm³/mol. The summed E-state index contributed by atoms with van der Waals surface area (Å²) >= 11 is 0. The van der Waals surface area contributed by atoms with Crippen molar-refractivity contribution in [3.05, 3.63) is 71.5 Å². The molecule has 0 aromatic heterocycles. The molecule has 4 rings (SSSR count). The molecule has 254 valence electrons. The highest BCUT2D eigenvalue weighted by Crippen LogP contribution is 2.43. The summed E-state index contributed by atoms with van der Waals surface area (Å²) in [4.78, 5) is 70.8. The summed E-state index contributed by atoms with van der Waals surface area (Å²) in [6.45, 7) is 11.3. The summed E-state index contributed by atoms with van der Waals surface area (Å²) in [5.41, 5.74) is -3.47. The minimum absolute atomic E-state index is 0.0828. The number of amides is 4. The van der Waals surface area contributed by atoms with Crippen molar-refractivity contribution in [2.24, 2.45) is 5.41 Å². The topological polar surface area (TPSA) is 134 Å². The zero-order valence-corrected chi connectivity index (χ0v) is 28.1. The van der Waals surface area contributed by atoms with Gasteiger partial charge in [0.25, 0.3) is 0 Å². The van der Waals surface area contributed by atoms with Gasteiger partial charge in [-0.1, -0.05) is 42.5 Å². The van der Waals surface area contributed by atoms with E-state index in [-0.39, 0.29) is 51.0 Å². The first-order valence-electron chi connectivity index (χ1n) is 15.7. The molecule has 2 aromatic rings. The highest BCUT2D eigenvalue weighted by Gasteiger charge is 2.64. The van der Waals surface area contributed by atoms with Gasteiger partial charge >= 0.3 is 6.09 Å². The number of benzene rings is 2. The number of hydrogen-bond donors (Lipinski definition) is 2. The Balaban J connectivity index is 1.60. The average Bonchev–Trinajstić information content (AvgIpc) is 3.13. The van der Waals surface area contributed by atoms with E-state index in [1.807, 2.05) is 30.3 Å². The van der Waals surface area contributed by atoms with Crippen molar-refractivity contribution in [1.82, 2.24) is 20.4 Å². The number of nitrogens with one attached hydrogen (secondary N) is 2. The van der Waals surface area contributed by atoms with Crippen LogP contribution >= 0.6 is 0 Å². The van der Waals surface area contributed by atoms with Gasteiger partial charge in [0.15, 0.2) is 5.78 Å². The minimum atomic E-state index is -1.47. The second-order valence-electron chi connectivity index (χ2n) is 14.3. The molecule has 0 radical (unpaired) electrons. The van der Waals surface area contributed by atoms with Crippen LogP contribution in [0.5, 0.6) is 0 Å². The van der Waals surface area contributed by atoms with Crippen molar-refractivity contribution in [1.29, 1.82) is 0 Å². The lowest BCUT2D eigenvalue weighted by Gasteiger charge is -2.46. The summed E-state index contributed by atoms with van der Waals surface area (Å²) in [5.74, 6) is -2.26. The Morgan fingerprint density at radius 3 is 2.19 bits per heavy atom. The monoisotopic (exact) mass is 652 g/mol. The largest absolute Gasteiger partial charge is 0.444 e. The molecule has 2 aromatic carbocycles. The SMILES string of the molecule is CC(C)(C)OC(=O)NC(C)(C)C(=O)N[C@H](COCc1ccccc1)C(=O)N1CCN2C(=O)C(C)(C)C(=O)[C@]2(Cc2ccc(F)cc2)C1. The highest BCUT2D eigenvalue weighted by atomic mass is 19.1. The highest BCUT2D eigenvalue weighted by molar-refractivity contribution is 6.16. The molecular formula is C35H45FN4O7. The molecule has 2 saturated heterocycles. The third-order valence-corrected chi connectivity index (χ3v) is 8.43. The van der Waals surface area contributed by atoms with Gasteiger partial charge in [-0.2, -0.15) is 0 Å². The van der Waals surface area contributed by atoms with Gasteiger partial charge < -0.3 is 29.9 Å². The molecule has 2 fully saturated rings. The first-order chi connectivity index (χ1) is 21.9. The van der Waals surface area contributed by atoms with E-state index in [0.29, 0.717) is 5.56 Å². The summed E-state index contributed by atoms with van der Waals surface area (Å²) < 4.78 is 24.9. The molecule has 2 aliphatic rings. The van der Waals surface area contributed by atoms with Gasteiger partial charge in [-0.25, -0.2) is 9.18 Å². The van der Waals surface area contributed by atoms with Gasteiger partial charge in [0, 0.05) is 19.5 Å². The van der Waals surface area contributed by atoms with Crippen molar-refractivity contribution in [2.45, 2.75) is 84.2 Å². The van der Waals surface area contributed by atoms with Gasteiger partial charge in [-0.3, -0.25) is 19.2 Å². The van der Waals surface area contributed by atoms with E-state index in [2.05, 4.69) is 10.6 Å². The molecule has 2 aliphatic heterocycles. The molecule has 2 N–H and O–H groups in total. The number of piperazine rings is 1. The zero-order chi connectivity index (χ0) is 34.8. The lowest BCUT2D eigenvalue weighted by Crippen LogP contribution is -2.67. The van der Waals surface area contributed by atoms with E-state index in [4.69, 9.17) is 9.47 Å². The Kier molecular flexibility index (Phi) is 10.1. The number of alkyl carbamates (subject to hydrolysis) is 1. The van der Waals surface area contributed by atoms with Gasteiger partial charge in [0.2, 0.25) is 17.7 Å². The van der Waals surface area contributed by atoms with E-state index in [1.54, 1.807) is 46.8 Å². The quantitative estimate of drug-likeness (QED) is 0.376. The minimum Gasteiger partial charge on any atom is -0.444 e. The molecule has 4 amide bonds. The van der Waals surface area contributed by atoms with Crippen LogP contribution in [0.2, 0.25) is 0 Å². The third kappa shape index (κ3) is 7.98. The van der Waals surface area contributed by atoms with Crippen LogP contribution in [-0.2, 0) is 41.7 Å². The molecule has 2 heterocycles. The molecule has 0 bridgehead atoms.